The molecule has 0 fully saturated rings. The summed E-state index contributed by atoms with van der Waals surface area (Å²) >= 11 is 5.75. The first kappa shape index (κ1) is 22.8. The van der Waals surface area contributed by atoms with Crippen LogP contribution in [0.2, 0.25) is 5.02 Å². The molecular formula is C17H28ClF3N4O. The number of halogens is 4. The van der Waals surface area contributed by atoms with Crippen LogP contribution in [-0.2, 0) is 11.0 Å². The molecule has 0 aliphatic rings. The Morgan fingerprint density at radius 2 is 1.69 bits per heavy atom. The molecule has 26 heavy (non-hydrogen) atoms. The monoisotopic (exact) mass is 396 g/mol. The van der Waals surface area contributed by atoms with Crippen molar-refractivity contribution < 1.29 is 18.0 Å². The van der Waals surface area contributed by atoms with Crippen molar-refractivity contribution in [2.24, 2.45) is 0 Å². The minimum Gasteiger partial charge on any atom is -0.351 e. The molecule has 0 aliphatic heterocycles. The Bertz CT molecular complexity index is 620. The first-order chi connectivity index (χ1) is 11.8. The molecule has 0 bridgehead atoms. The molecular weight excluding hydrogens is 369 g/mol. The molecule has 2 unspecified atom stereocenters. The Hall–Kier alpha value is -1.28. The molecule has 0 saturated heterocycles. The van der Waals surface area contributed by atoms with Gasteiger partial charge in [0.25, 0.3) is 0 Å². The summed E-state index contributed by atoms with van der Waals surface area (Å²) < 4.78 is 39.9. The van der Waals surface area contributed by atoms with E-state index in [4.69, 9.17) is 11.6 Å². The van der Waals surface area contributed by atoms with E-state index in [0.717, 1.165) is 4.68 Å². The zero-order valence-corrected chi connectivity index (χ0v) is 17.0. The van der Waals surface area contributed by atoms with E-state index in [2.05, 4.69) is 43.0 Å². The molecule has 1 aromatic rings. The first-order valence-corrected chi connectivity index (χ1v) is 9.03. The summed E-state index contributed by atoms with van der Waals surface area (Å²) in [5.74, 6) is -0.402. The highest BCUT2D eigenvalue weighted by Crippen LogP contribution is 2.36. The van der Waals surface area contributed by atoms with Crippen LogP contribution in [0.4, 0.5) is 13.2 Å². The van der Waals surface area contributed by atoms with E-state index >= 15 is 0 Å². The number of aromatic nitrogens is 2. The number of nitrogens with zero attached hydrogens (tertiary/aromatic N) is 3. The number of hydrogen-bond acceptors (Lipinski definition) is 3. The summed E-state index contributed by atoms with van der Waals surface area (Å²) in [7, 11) is 0. The Labute approximate surface area is 157 Å². The van der Waals surface area contributed by atoms with E-state index < -0.39 is 28.8 Å². The molecule has 0 saturated carbocycles. The number of alkyl halides is 3. The number of carbonyl (C=O) groups is 1. The molecule has 1 N–H and O–H groups in total. The van der Waals surface area contributed by atoms with E-state index in [1.54, 1.807) is 0 Å². The van der Waals surface area contributed by atoms with Crippen molar-refractivity contribution in [3.63, 3.8) is 0 Å². The van der Waals surface area contributed by atoms with Crippen molar-refractivity contribution >= 4 is 17.5 Å². The number of hydrogen-bond donors (Lipinski definition) is 1. The van der Waals surface area contributed by atoms with Crippen LogP contribution in [0.3, 0.4) is 0 Å². The van der Waals surface area contributed by atoms with Crippen LogP contribution in [0.5, 0.6) is 0 Å². The molecule has 150 valence electrons. The highest BCUT2D eigenvalue weighted by atomic mass is 35.5. The number of amides is 1. The van der Waals surface area contributed by atoms with E-state index in [9.17, 15) is 18.0 Å². The largest absolute Gasteiger partial charge is 0.436 e. The topological polar surface area (TPSA) is 50.2 Å². The maximum Gasteiger partial charge on any atom is 0.436 e. The summed E-state index contributed by atoms with van der Waals surface area (Å²) in [4.78, 5) is 14.7. The number of rotatable bonds is 7. The average molecular weight is 397 g/mol. The van der Waals surface area contributed by atoms with Gasteiger partial charge in [-0.3, -0.25) is 14.4 Å². The average Bonchev–Trinajstić information content (AvgIpc) is 2.79. The van der Waals surface area contributed by atoms with Gasteiger partial charge < -0.3 is 5.32 Å². The third-order valence-electron chi connectivity index (χ3n) is 4.29. The minimum atomic E-state index is -4.66. The van der Waals surface area contributed by atoms with Gasteiger partial charge in [-0.15, -0.1) is 0 Å². The molecule has 1 heterocycles. The Kier molecular flexibility index (Phi) is 7.53. The molecule has 0 aromatic carbocycles. The van der Waals surface area contributed by atoms with E-state index in [1.807, 2.05) is 6.92 Å². The molecule has 1 aromatic heterocycles. The van der Waals surface area contributed by atoms with Crippen LogP contribution in [-0.4, -0.2) is 45.3 Å². The molecule has 9 heteroatoms. The molecule has 2 atom stereocenters. The Morgan fingerprint density at radius 3 is 2.08 bits per heavy atom. The van der Waals surface area contributed by atoms with Crippen LogP contribution in [0, 0.1) is 6.92 Å². The fourth-order valence-corrected chi connectivity index (χ4v) is 3.14. The van der Waals surface area contributed by atoms with Crippen molar-refractivity contribution in [2.75, 3.05) is 6.54 Å². The summed E-state index contributed by atoms with van der Waals surface area (Å²) in [5.41, 5.74) is -1.06. The minimum absolute atomic E-state index is 0.111. The summed E-state index contributed by atoms with van der Waals surface area (Å²) in [6.45, 7) is 13.7. The molecule has 5 nitrogen and oxygen atoms in total. The second-order valence-electron chi connectivity index (χ2n) is 7.16. The Morgan fingerprint density at radius 1 is 1.19 bits per heavy atom. The summed E-state index contributed by atoms with van der Waals surface area (Å²) in [6, 6.07) is -0.442. The standard InChI is InChI=1S/C17H28ClF3N4O/c1-9(2)24(10(3)4)8-11(5)22-16(26)13(7)25-12(6)14(18)15(23-25)17(19,20)21/h9-11,13H,8H2,1-7H3,(H,22,26). The van der Waals surface area contributed by atoms with Crippen molar-refractivity contribution in [2.45, 2.75) is 78.8 Å². The molecule has 0 radical (unpaired) electrons. The fourth-order valence-electron chi connectivity index (χ4n) is 2.91. The van der Waals surface area contributed by atoms with Crippen LogP contribution in [0.25, 0.3) is 0 Å². The van der Waals surface area contributed by atoms with Crippen molar-refractivity contribution in [1.29, 1.82) is 0 Å². The lowest BCUT2D eigenvalue weighted by Gasteiger charge is -2.33. The van der Waals surface area contributed by atoms with Gasteiger partial charge in [0, 0.05) is 24.7 Å². The number of carbonyl (C=O) groups excluding carboxylic acids is 1. The van der Waals surface area contributed by atoms with Gasteiger partial charge in [-0.2, -0.15) is 18.3 Å². The lowest BCUT2D eigenvalue weighted by atomic mass is 10.2. The van der Waals surface area contributed by atoms with Crippen LogP contribution < -0.4 is 5.32 Å². The van der Waals surface area contributed by atoms with Gasteiger partial charge in [0.15, 0.2) is 5.69 Å². The summed E-state index contributed by atoms with van der Waals surface area (Å²) in [5, 5.41) is 5.89. The maximum atomic E-state index is 12.9. The normalized spacial score (nSPS) is 15.0. The Balaban J connectivity index is 2.88. The highest BCUT2D eigenvalue weighted by molar-refractivity contribution is 6.32. The van der Waals surface area contributed by atoms with E-state index in [0.29, 0.717) is 18.6 Å². The predicted octanol–water partition coefficient (Wildman–Crippen LogP) is 4.05. The molecule has 0 spiro atoms. The highest BCUT2D eigenvalue weighted by Gasteiger charge is 2.39. The lowest BCUT2D eigenvalue weighted by Crippen LogP contribution is -2.48. The van der Waals surface area contributed by atoms with Gasteiger partial charge >= 0.3 is 6.18 Å². The SMILES string of the molecule is Cc1c(Cl)c(C(F)(F)F)nn1C(C)C(=O)NC(C)CN(C(C)C)C(C)C. The van der Waals surface area contributed by atoms with Crippen molar-refractivity contribution in [3.05, 3.63) is 16.4 Å². The second-order valence-corrected chi connectivity index (χ2v) is 7.54. The van der Waals surface area contributed by atoms with Gasteiger partial charge in [-0.25, -0.2) is 0 Å². The molecule has 0 aliphatic carbocycles. The van der Waals surface area contributed by atoms with Gasteiger partial charge in [-0.05, 0) is 48.5 Å². The zero-order chi connectivity index (χ0) is 20.4. The smallest absolute Gasteiger partial charge is 0.351 e. The third-order valence-corrected chi connectivity index (χ3v) is 4.74. The van der Waals surface area contributed by atoms with Crippen LogP contribution >= 0.6 is 11.6 Å². The van der Waals surface area contributed by atoms with Gasteiger partial charge in [-0.1, -0.05) is 11.6 Å². The summed E-state index contributed by atoms with van der Waals surface area (Å²) in [6.07, 6.45) is -4.66. The van der Waals surface area contributed by atoms with Crippen LogP contribution in [0.1, 0.15) is 59.0 Å². The van der Waals surface area contributed by atoms with Crippen LogP contribution in [0.15, 0.2) is 0 Å². The quantitative estimate of drug-likeness (QED) is 0.756. The first-order valence-electron chi connectivity index (χ1n) is 8.65. The number of nitrogens with one attached hydrogen (secondary N) is 1. The zero-order valence-electron chi connectivity index (χ0n) is 16.3. The van der Waals surface area contributed by atoms with Gasteiger partial charge in [0.05, 0.1) is 10.7 Å². The molecule has 1 amide bonds. The lowest BCUT2D eigenvalue weighted by molar-refractivity contribution is -0.141. The maximum absolute atomic E-state index is 12.9. The van der Waals surface area contributed by atoms with Crippen molar-refractivity contribution in [1.82, 2.24) is 20.0 Å². The van der Waals surface area contributed by atoms with E-state index in [1.165, 1.54) is 13.8 Å². The van der Waals surface area contributed by atoms with E-state index in [-0.39, 0.29) is 11.7 Å². The van der Waals surface area contributed by atoms with Gasteiger partial charge in [0.2, 0.25) is 5.91 Å². The predicted molar refractivity (Wildman–Crippen MR) is 96.3 cm³/mol. The second kappa shape index (κ2) is 8.61. The van der Waals surface area contributed by atoms with Crippen molar-refractivity contribution in [3.8, 4) is 0 Å². The third kappa shape index (κ3) is 5.36. The van der Waals surface area contributed by atoms with Gasteiger partial charge in [0.1, 0.15) is 6.04 Å². The fraction of sp³-hybridized carbons (Fsp3) is 0.765. The molecule has 1 rings (SSSR count).